The van der Waals surface area contributed by atoms with E-state index >= 15 is 0 Å². The second-order valence-corrected chi connectivity index (χ2v) is 6.44. The minimum absolute atomic E-state index is 0.0601. The highest BCUT2D eigenvalue weighted by Crippen LogP contribution is 2.23. The zero-order valence-corrected chi connectivity index (χ0v) is 17.0. The Hall–Kier alpha value is -4.22. The Kier molecular flexibility index (Phi) is 6.00. The first-order chi connectivity index (χ1) is 14.7. The third-order valence-electron chi connectivity index (χ3n) is 4.48. The average Bonchev–Trinajstić information content (AvgIpc) is 3.18. The summed E-state index contributed by atoms with van der Waals surface area (Å²) in [7, 11) is 2.86. The van der Waals surface area contributed by atoms with Crippen LogP contribution in [0.4, 0.5) is 5.69 Å². The first-order valence-electron chi connectivity index (χ1n) is 9.13. The molecule has 12 nitrogen and oxygen atoms in total. The van der Waals surface area contributed by atoms with Gasteiger partial charge in [0.25, 0.3) is 11.2 Å². The number of rotatable bonds is 7. The molecule has 0 bridgehead atoms. The number of hydrogen-bond acceptors (Lipinski definition) is 8. The van der Waals surface area contributed by atoms with E-state index in [-0.39, 0.29) is 30.3 Å². The molecular formula is C19H19N5O7. The van der Waals surface area contributed by atoms with Gasteiger partial charge in [-0.25, -0.2) is 14.3 Å². The van der Waals surface area contributed by atoms with Crippen LogP contribution in [0.3, 0.4) is 0 Å². The van der Waals surface area contributed by atoms with Gasteiger partial charge in [-0.05, 0) is 19.1 Å². The van der Waals surface area contributed by atoms with E-state index in [1.165, 1.54) is 59.9 Å². The van der Waals surface area contributed by atoms with Gasteiger partial charge in [0, 0.05) is 32.3 Å². The van der Waals surface area contributed by atoms with Gasteiger partial charge in [0.15, 0.2) is 5.75 Å². The molecule has 0 aliphatic heterocycles. The quantitative estimate of drug-likeness (QED) is 0.307. The van der Waals surface area contributed by atoms with Crippen molar-refractivity contribution in [2.24, 2.45) is 14.1 Å². The molecule has 2 aromatic heterocycles. The lowest BCUT2D eigenvalue weighted by Gasteiger charge is -2.10. The van der Waals surface area contributed by atoms with Crippen LogP contribution in [-0.2, 0) is 25.4 Å². The van der Waals surface area contributed by atoms with E-state index in [4.69, 9.17) is 9.47 Å². The largest absolute Gasteiger partial charge is 0.483 e. The fourth-order valence-corrected chi connectivity index (χ4v) is 2.73. The summed E-state index contributed by atoms with van der Waals surface area (Å²) in [6.07, 6.45) is 1.41. The van der Waals surface area contributed by atoms with Crippen molar-refractivity contribution >= 4 is 11.7 Å². The summed E-state index contributed by atoms with van der Waals surface area (Å²) in [6.45, 7) is 1.58. The summed E-state index contributed by atoms with van der Waals surface area (Å²) in [5.41, 5.74) is -0.469. The molecule has 0 amide bonds. The molecule has 0 unspecified atom stereocenters. The molecule has 0 saturated heterocycles. The van der Waals surface area contributed by atoms with Crippen LogP contribution in [0.15, 0.2) is 46.1 Å². The van der Waals surface area contributed by atoms with Crippen LogP contribution >= 0.6 is 0 Å². The molecule has 1 aromatic carbocycles. The van der Waals surface area contributed by atoms with Gasteiger partial charge >= 0.3 is 11.7 Å². The van der Waals surface area contributed by atoms with Crippen molar-refractivity contribution in [2.45, 2.75) is 13.5 Å². The number of nitro benzene ring substituents is 1. The number of esters is 1. The fraction of sp³-hybridized carbons (Fsp3) is 0.263. The van der Waals surface area contributed by atoms with Crippen LogP contribution < -0.4 is 16.0 Å². The summed E-state index contributed by atoms with van der Waals surface area (Å²) in [5, 5.41) is 15.0. The summed E-state index contributed by atoms with van der Waals surface area (Å²) < 4.78 is 14.2. The van der Waals surface area contributed by atoms with Gasteiger partial charge in [0.2, 0.25) is 5.69 Å². The third-order valence-corrected chi connectivity index (χ3v) is 4.48. The van der Waals surface area contributed by atoms with Crippen molar-refractivity contribution in [1.82, 2.24) is 18.9 Å². The molecule has 3 rings (SSSR count). The number of carbonyl (C=O) groups excluding carboxylic acids is 1. The highest BCUT2D eigenvalue weighted by atomic mass is 16.6. The Labute approximate surface area is 175 Å². The minimum atomic E-state index is -0.726. The van der Waals surface area contributed by atoms with Crippen LogP contribution in [0.1, 0.15) is 23.1 Å². The number of non-ortho nitro benzene ring substituents is 1. The first-order valence-corrected chi connectivity index (χ1v) is 9.13. The van der Waals surface area contributed by atoms with E-state index in [2.05, 4.69) is 5.10 Å². The summed E-state index contributed by atoms with van der Waals surface area (Å²) in [6, 6.07) is 6.79. The average molecular weight is 429 g/mol. The van der Waals surface area contributed by atoms with Crippen LogP contribution in [0, 0.1) is 10.1 Å². The topological polar surface area (TPSA) is 140 Å². The van der Waals surface area contributed by atoms with Gasteiger partial charge in [0.05, 0.1) is 29.1 Å². The first kappa shape index (κ1) is 21.5. The zero-order chi connectivity index (χ0) is 22.7. The number of aromatic nitrogens is 4. The van der Waals surface area contributed by atoms with Gasteiger partial charge < -0.3 is 9.47 Å². The lowest BCUT2D eigenvalue weighted by atomic mass is 10.3. The third kappa shape index (κ3) is 4.37. The van der Waals surface area contributed by atoms with E-state index < -0.39 is 22.1 Å². The molecule has 31 heavy (non-hydrogen) atoms. The number of nitro groups is 1. The number of hydrogen-bond donors (Lipinski definition) is 0. The SMILES string of the molecule is CCOC(=O)c1nn(-c2ccc([N+](=O)[O-])cc2)cc1OCc1cc(=O)n(C)c(=O)n1C. The molecular weight excluding hydrogens is 410 g/mol. The standard InChI is InChI=1S/C19H19N5O7/c1-4-30-18(26)17-15(31-11-14-9-16(25)22(3)19(27)21(14)2)10-23(20-17)12-5-7-13(8-6-12)24(28)29/h5-10H,4,11H2,1-3H3. The van der Waals surface area contributed by atoms with Gasteiger partial charge in [-0.15, -0.1) is 0 Å². The molecule has 0 aliphatic rings. The van der Waals surface area contributed by atoms with Crippen molar-refractivity contribution in [3.8, 4) is 11.4 Å². The van der Waals surface area contributed by atoms with Crippen LogP contribution in [0.2, 0.25) is 0 Å². The van der Waals surface area contributed by atoms with E-state index in [9.17, 15) is 24.5 Å². The highest BCUT2D eigenvalue weighted by Gasteiger charge is 2.21. The van der Waals surface area contributed by atoms with E-state index in [1.54, 1.807) is 6.92 Å². The van der Waals surface area contributed by atoms with Crippen LogP contribution in [0.5, 0.6) is 5.75 Å². The molecule has 162 valence electrons. The monoisotopic (exact) mass is 429 g/mol. The number of carbonyl (C=O) groups is 1. The Morgan fingerprint density at radius 3 is 2.45 bits per heavy atom. The van der Waals surface area contributed by atoms with Crippen molar-refractivity contribution in [2.75, 3.05) is 6.61 Å². The molecule has 3 aromatic rings. The Morgan fingerprint density at radius 2 is 1.84 bits per heavy atom. The number of ether oxygens (including phenoxy) is 2. The molecule has 0 spiro atoms. The van der Waals surface area contributed by atoms with Crippen molar-refractivity contribution in [3.63, 3.8) is 0 Å². The van der Waals surface area contributed by atoms with Crippen molar-refractivity contribution < 1.29 is 19.2 Å². The van der Waals surface area contributed by atoms with E-state index in [0.29, 0.717) is 11.4 Å². The maximum atomic E-state index is 12.3. The smallest absolute Gasteiger partial charge is 0.362 e. The molecule has 0 saturated carbocycles. The number of benzene rings is 1. The summed E-state index contributed by atoms with van der Waals surface area (Å²) in [5.74, 6) is -0.666. The Balaban J connectivity index is 1.95. The summed E-state index contributed by atoms with van der Waals surface area (Å²) >= 11 is 0. The van der Waals surface area contributed by atoms with Gasteiger partial charge in [-0.2, -0.15) is 5.10 Å². The lowest BCUT2D eigenvalue weighted by Crippen LogP contribution is -2.38. The Bertz CT molecular complexity index is 1250. The molecule has 0 atom stereocenters. The molecule has 0 radical (unpaired) electrons. The Morgan fingerprint density at radius 1 is 1.16 bits per heavy atom. The predicted molar refractivity (Wildman–Crippen MR) is 107 cm³/mol. The predicted octanol–water partition coefficient (Wildman–Crippen LogP) is 0.934. The lowest BCUT2D eigenvalue weighted by molar-refractivity contribution is -0.384. The zero-order valence-electron chi connectivity index (χ0n) is 17.0. The summed E-state index contributed by atoms with van der Waals surface area (Å²) in [4.78, 5) is 46.6. The molecule has 2 heterocycles. The van der Waals surface area contributed by atoms with Gasteiger partial charge in [0.1, 0.15) is 6.61 Å². The van der Waals surface area contributed by atoms with Crippen LogP contribution in [-0.4, -0.2) is 36.4 Å². The van der Waals surface area contributed by atoms with E-state index in [0.717, 1.165) is 4.57 Å². The van der Waals surface area contributed by atoms with Crippen LogP contribution in [0.25, 0.3) is 5.69 Å². The normalized spacial score (nSPS) is 10.7. The second-order valence-electron chi connectivity index (χ2n) is 6.44. The number of nitrogens with zero attached hydrogens (tertiary/aromatic N) is 5. The molecule has 0 aliphatic carbocycles. The molecule has 0 fully saturated rings. The van der Waals surface area contributed by atoms with Gasteiger partial charge in [-0.3, -0.25) is 24.0 Å². The highest BCUT2D eigenvalue weighted by molar-refractivity contribution is 5.90. The fourth-order valence-electron chi connectivity index (χ4n) is 2.73. The van der Waals surface area contributed by atoms with E-state index in [1.807, 2.05) is 0 Å². The minimum Gasteiger partial charge on any atom is -0.483 e. The van der Waals surface area contributed by atoms with Gasteiger partial charge in [-0.1, -0.05) is 0 Å². The maximum Gasteiger partial charge on any atom is 0.362 e. The second kappa shape index (κ2) is 8.65. The molecule has 0 N–H and O–H groups in total. The molecule has 12 heteroatoms. The van der Waals surface area contributed by atoms with Crippen molar-refractivity contribution in [3.05, 3.63) is 78.9 Å². The maximum absolute atomic E-state index is 12.3. The van der Waals surface area contributed by atoms with Crippen molar-refractivity contribution in [1.29, 1.82) is 0 Å².